The third-order valence-electron chi connectivity index (χ3n) is 3.86. The van der Waals surface area contributed by atoms with E-state index in [4.69, 9.17) is 20.8 Å². The lowest BCUT2D eigenvalue weighted by atomic mass is 10.0. The molecule has 0 amide bonds. The smallest absolute Gasteiger partial charge is 0.235 e. The minimum atomic E-state index is -0.152. The molecular formula is C19H17ClO3. The molecule has 1 aromatic heterocycles. The molecule has 1 heterocycles. The van der Waals surface area contributed by atoms with Crippen molar-refractivity contribution in [2.45, 2.75) is 20.8 Å². The van der Waals surface area contributed by atoms with Crippen LogP contribution in [0.5, 0.6) is 5.75 Å². The summed E-state index contributed by atoms with van der Waals surface area (Å²) in [6, 6.07) is 10.9. The summed E-state index contributed by atoms with van der Waals surface area (Å²) in [7, 11) is 0. The fraction of sp³-hybridized carbons (Fsp3) is 0.211. The molecule has 23 heavy (non-hydrogen) atoms. The van der Waals surface area contributed by atoms with Crippen LogP contribution in [-0.4, -0.2) is 6.61 Å². The normalized spacial score (nSPS) is 11.0. The Morgan fingerprint density at radius 2 is 1.74 bits per heavy atom. The first-order valence-electron chi connectivity index (χ1n) is 7.48. The van der Waals surface area contributed by atoms with Gasteiger partial charge in [0.25, 0.3) is 0 Å². The van der Waals surface area contributed by atoms with E-state index in [9.17, 15) is 4.79 Å². The lowest BCUT2D eigenvalue weighted by Crippen LogP contribution is -2.10. The van der Waals surface area contributed by atoms with Crippen molar-refractivity contribution in [3.63, 3.8) is 0 Å². The molecule has 0 fully saturated rings. The summed E-state index contributed by atoms with van der Waals surface area (Å²) in [5.41, 5.74) is 3.29. The minimum Gasteiger partial charge on any atom is -0.487 e. The maximum Gasteiger partial charge on any atom is 0.235 e. The van der Waals surface area contributed by atoms with Crippen LogP contribution in [-0.2, 0) is 0 Å². The van der Waals surface area contributed by atoms with Gasteiger partial charge in [0.1, 0.15) is 5.58 Å². The van der Waals surface area contributed by atoms with Crippen molar-refractivity contribution in [2.75, 3.05) is 6.61 Å². The molecule has 0 unspecified atom stereocenters. The zero-order chi connectivity index (χ0) is 16.6. The lowest BCUT2D eigenvalue weighted by molar-refractivity contribution is 0.330. The number of hydrogen-bond acceptors (Lipinski definition) is 3. The second kappa shape index (κ2) is 6.09. The Kier molecular flexibility index (Phi) is 4.14. The molecule has 3 aromatic rings. The highest BCUT2D eigenvalue weighted by Gasteiger charge is 2.18. The van der Waals surface area contributed by atoms with E-state index in [0.717, 1.165) is 16.7 Å². The average Bonchev–Trinajstić information content (AvgIpc) is 2.53. The summed E-state index contributed by atoms with van der Waals surface area (Å²) in [5.74, 6) is 0.676. The summed E-state index contributed by atoms with van der Waals surface area (Å²) >= 11 is 5.94. The maximum absolute atomic E-state index is 12.8. The van der Waals surface area contributed by atoms with Crippen LogP contribution in [0.1, 0.15) is 18.1 Å². The Hall–Kier alpha value is -2.26. The molecule has 3 nitrogen and oxygen atoms in total. The van der Waals surface area contributed by atoms with Crippen molar-refractivity contribution in [2.24, 2.45) is 0 Å². The number of hydrogen-bond donors (Lipinski definition) is 0. The summed E-state index contributed by atoms with van der Waals surface area (Å²) in [6.07, 6.45) is 0. The van der Waals surface area contributed by atoms with E-state index in [0.29, 0.717) is 28.4 Å². The summed E-state index contributed by atoms with van der Waals surface area (Å²) in [4.78, 5) is 12.8. The molecule has 0 saturated carbocycles. The van der Waals surface area contributed by atoms with Crippen molar-refractivity contribution < 1.29 is 9.15 Å². The Morgan fingerprint density at radius 3 is 2.39 bits per heavy atom. The minimum absolute atomic E-state index is 0.152. The van der Waals surface area contributed by atoms with Gasteiger partial charge in [0.05, 0.1) is 12.0 Å². The van der Waals surface area contributed by atoms with E-state index in [-0.39, 0.29) is 11.2 Å². The number of ether oxygens (including phenoxy) is 1. The van der Waals surface area contributed by atoms with Gasteiger partial charge in [-0.1, -0.05) is 11.6 Å². The van der Waals surface area contributed by atoms with Crippen molar-refractivity contribution in [3.8, 4) is 17.1 Å². The first kappa shape index (κ1) is 15.6. The van der Waals surface area contributed by atoms with E-state index < -0.39 is 0 Å². The zero-order valence-electron chi connectivity index (χ0n) is 13.3. The van der Waals surface area contributed by atoms with E-state index in [2.05, 4.69) is 0 Å². The van der Waals surface area contributed by atoms with Gasteiger partial charge in [0.15, 0.2) is 5.76 Å². The van der Waals surface area contributed by atoms with Crippen molar-refractivity contribution in [3.05, 3.63) is 62.8 Å². The SMILES string of the molecule is CCOc1c(-c2ccc(Cl)cc2)oc2cc(C)c(C)cc2c1=O. The molecule has 0 saturated heterocycles. The van der Waals surface area contributed by atoms with Crippen LogP contribution in [0.3, 0.4) is 0 Å². The molecule has 118 valence electrons. The second-order valence-corrected chi connectivity index (χ2v) is 5.90. The molecule has 0 bridgehead atoms. The van der Waals surface area contributed by atoms with Gasteiger partial charge in [-0.3, -0.25) is 4.79 Å². The highest BCUT2D eigenvalue weighted by Crippen LogP contribution is 2.32. The molecule has 0 atom stereocenters. The zero-order valence-corrected chi connectivity index (χ0v) is 14.0. The van der Waals surface area contributed by atoms with Crippen LogP contribution in [0.4, 0.5) is 0 Å². The molecule has 4 heteroatoms. The Morgan fingerprint density at radius 1 is 1.09 bits per heavy atom. The fourth-order valence-corrected chi connectivity index (χ4v) is 2.63. The number of halogens is 1. The molecule has 0 spiro atoms. The summed E-state index contributed by atoms with van der Waals surface area (Å²) in [6.45, 7) is 6.20. The lowest BCUT2D eigenvalue weighted by Gasteiger charge is -2.11. The van der Waals surface area contributed by atoms with Gasteiger partial charge in [-0.05, 0) is 68.3 Å². The van der Waals surface area contributed by atoms with Gasteiger partial charge in [0, 0.05) is 10.6 Å². The van der Waals surface area contributed by atoms with Crippen LogP contribution < -0.4 is 10.2 Å². The highest BCUT2D eigenvalue weighted by atomic mass is 35.5. The number of rotatable bonds is 3. The Balaban J connectivity index is 2.35. The third-order valence-corrected chi connectivity index (χ3v) is 4.11. The van der Waals surface area contributed by atoms with Crippen LogP contribution in [0.15, 0.2) is 45.6 Å². The van der Waals surface area contributed by atoms with E-state index in [1.807, 2.05) is 45.0 Å². The highest BCUT2D eigenvalue weighted by molar-refractivity contribution is 6.30. The summed E-state index contributed by atoms with van der Waals surface area (Å²) < 4.78 is 11.6. The van der Waals surface area contributed by atoms with Crippen LogP contribution >= 0.6 is 11.6 Å². The largest absolute Gasteiger partial charge is 0.487 e. The van der Waals surface area contributed by atoms with Crippen molar-refractivity contribution >= 4 is 22.6 Å². The average molecular weight is 329 g/mol. The van der Waals surface area contributed by atoms with E-state index in [1.54, 1.807) is 12.1 Å². The third kappa shape index (κ3) is 2.84. The topological polar surface area (TPSA) is 39.4 Å². The number of aryl methyl sites for hydroxylation is 2. The number of benzene rings is 2. The Labute approximate surface area is 139 Å². The fourth-order valence-electron chi connectivity index (χ4n) is 2.50. The molecule has 0 aliphatic carbocycles. The monoisotopic (exact) mass is 328 g/mol. The van der Waals surface area contributed by atoms with Gasteiger partial charge in [0.2, 0.25) is 11.2 Å². The van der Waals surface area contributed by atoms with Crippen molar-refractivity contribution in [1.29, 1.82) is 0 Å². The standard InChI is InChI=1S/C19H17ClO3/c1-4-22-19-17(21)15-9-11(2)12(3)10-16(15)23-18(19)13-5-7-14(20)8-6-13/h5-10H,4H2,1-3H3. The van der Waals surface area contributed by atoms with Gasteiger partial charge in [-0.15, -0.1) is 0 Å². The predicted molar refractivity (Wildman–Crippen MR) is 93.6 cm³/mol. The molecule has 0 aliphatic rings. The first-order chi connectivity index (χ1) is 11.0. The van der Waals surface area contributed by atoms with Crippen LogP contribution in [0.25, 0.3) is 22.3 Å². The van der Waals surface area contributed by atoms with Gasteiger partial charge in [-0.25, -0.2) is 0 Å². The molecule has 2 aromatic carbocycles. The van der Waals surface area contributed by atoms with Gasteiger partial charge < -0.3 is 9.15 Å². The van der Waals surface area contributed by atoms with Crippen molar-refractivity contribution in [1.82, 2.24) is 0 Å². The molecular weight excluding hydrogens is 312 g/mol. The van der Waals surface area contributed by atoms with Gasteiger partial charge >= 0.3 is 0 Å². The first-order valence-corrected chi connectivity index (χ1v) is 7.86. The molecule has 0 radical (unpaired) electrons. The second-order valence-electron chi connectivity index (χ2n) is 5.46. The van der Waals surface area contributed by atoms with E-state index in [1.165, 1.54) is 0 Å². The molecule has 0 N–H and O–H groups in total. The van der Waals surface area contributed by atoms with Crippen LogP contribution in [0.2, 0.25) is 5.02 Å². The molecule has 0 aliphatic heterocycles. The Bertz CT molecular complexity index is 924. The van der Waals surface area contributed by atoms with Gasteiger partial charge in [-0.2, -0.15) is 0 Å². The van der Waals surface area contributed by atoms with E-state index >= 15 is 0 Å². The summed E-state index contributed by atoms with van der Waals surface area (Å²) in [5, 5.41) is 1.16. The quantitative estimate of drug-likeness (QED) is 0.669. The predicted octanol–water partition coefficient (Wildman–Crippen LogP) is 5.13. The molecule has 3 rings (SSSR count). The maximum atomic E-state index is 12.8. The van der Waals surface area contributed by atoms with Crippen LogP contribution in [0, 0.1) is 13.8 Å². The number of fused-ring (bicyclic) bond motifs is 1.